The highest BCUT2D eigenvalue weighted by Gasteiger charge is 2.13. The molecule has 4 nitrogen and oxygen atoms in total. The minimum Gasteiger partial charge on any atom is -0.346 e. The molecule has 0 radical (unpaired) electrons. The summed E-state index contributed by atoms with van der Waals surface area (Å²) in [6.45, 7) is 6.69. The van der Waals surface area contributed by atoms with E-state index in [9.17, 15) is 0 Å². The third-order valence-electron chi connectivity index (χ3n) is 4.19. The normalized spacial score (nSPS) is 17.4. The summed E-state index contributed by atoms with van der Waals surface area (Å²) in [4.78, 5) is 4.89. The standard InChI is InChI=1S/C16H20N4/c1-18-7-9-19(10-8-18)11-12-20-6-5-15-14(13-17)3-2-4-16(15)20/h2-6H,7-12H2,1H3. The first kappa shape index (κ1) is 13.2. The predicted molar refractivity (Wildman–Crippen MR) is 80.6 cm³/mol. The van der Waals surface area contributed by atoms with Crippen LogP contribution in [0.15, 0.2) is 30.5 Å². The van der Waals surface area contributed by atoms with Gasteiger partial charge in [0.1, 0.15) is 0 Å². The van der Waals surface area contributed by atoms with Gasteiger partial charge in [-0.1, -0.05) is 6.07 Å². The van der Waals surface area contributed by atoms with Crippen molar-refractivity contribution in [3.8, 4) is 6.07 Å². The lowest BCUT2D eigenvalue weighted by Gasteiger charge is -2.32. The summed E-state index contributed by atoms with van der Waals surface area (Å²) >= 11 is 0. The number of hydrogen-bond donors (Lipinski definition) is 0. The van der Waals surface area contributed by atoms with E-state index in [0.29, 0.717) is 0 Å². The molecule has 0 amide bonds. The second kappa shape index (κ2) is 5.66. The number of piperazine rings is 1. The average Bonchev–Trinajstić information content (AvgIpc) is 2.90. The number of fused-ring (bicyclic) bond motifs is 1. The fraction of sp³-hybridized carbons (Fsp3) is 0.438. The Bertz CT molecular complexity index is 629. The van der Waals surface area contributed by atoms with Crippen molar-refractivity contribution in [3.63, 3.8) is 0 Å². The van der Waals surface area contributed by atoms with Crippen molar-refractivity contribution in [3.05, 3.63) is 36.0 Å². The SMILES string of the molecule is CN1CCN(CCn2ccc3c(C#N)cccc32)CC1. The molecule has 1 fully saturated rings. The van der Waals surface area contributed by atoms with E-state index >= 15 is 0 Å². The van der Waals surface area contributed by atoms with Crippen LogP contribution in [0.1, 0.15) is 5.56 Å². The summed E-state index contributed by atoms with van der Waals surface area (Å²) < 4.78 is 2.26. The summed E-state index contributed by atoms with van der Waals surface area (Å²) in [5, 5.41) is 10.2. The van der Waals surface area contributed by atoms with Crippen LogP contribution in [-0.4, -0.2) is 54.1 Å². The van der Waals surface area contributed by atoms with Gasteiger partial charge >= 0.3 is 0 Å². The number of aromatic nitrogens is 1. The van der Waals surface area contributed by atoms with E-state index in [0.717, 1.165) is 55.7 Å². The topological polar surface area (TPSA) is 35.2 Å². The number of nitrogens with zero attached hydrogens (tertiary/aromatic N) is 4. The maximum absolute atomic E-state index is 9.13. The van der Waals surface area contributed by atoms with E-state index in [1.54, 1.807) is 0 Å². The summed E-state index contributed by atoms with van der Waals surface area (Å²) in [6, 6.07) is 10.3. The fourth-order valence-corrected chi connectivity index (χ4v) is 2.84. The molecule has 20 heavy (non-hydrogen) atoms. The molecule has 1 aromatic heterocycles. The van der Waals surface area contributed by atoms with Crippen molar-refractivity contribution in [2.75, 3.05) is 39.8 Å². The highest BCUT2D eigenvalue weighted by molar-refractivity contribution is 5.85. The second-order valence-corrected chi connectivity index (χ2v) is 5.50. The van der Waals surface area contributed by atoms with Crippen molar-refractivity contribution < 1.29 is 0 Å². The van der Waals surface area contributed by atoms with Gasteiger partial charge < -0.3 is 9.47 Å². The Morgan fingerprint density at radius 1 is 1.10 bits per heavy atom. The number of benzene rings is 1. The van der Waals surface area contributed by atoms with Gasteiger partial charge in [-0.25, -0.2) is 0 Å². The van der Waals surface area contributed by atoms with Crippen LogP contribution >= 0.6 is 0 Å². The first-order valence-corrected chi connectivity index (χ1v) is 7.17. The average molecular weight is 268 g/mol. The quantitative estimate of drug-likeness (QED) is 0.851. The van der Waals surface area contributed by atoms with Gasteiger partial charge in [-0.05, 0) is 25.2 Å². The second-order valence-electron chi connectivity index (χ2n) is 5.50. The molecule has 0 N–H and O–H groups in total. The van der Waals surface area contributed by atoms with Gasteiger partial charge in [-0.15, -0.1) is 0 Å². The highest BCUT2D eigenvalue weighted by atomic mass is 15.2. The lowest BCUT2D eigenvalue weighted by molar-refractivity contribution is 0.150. The van der Waals surface area contributed by atoms with Gasteiger partial charge in [0, 0.05) is 56.4 Å². The van der Waals surface area contributed by atoms with Crippen molar-refractivity contribution in [2.45, 2.75) is 6.54 Å². The third kappa shape index (κ3) is 2.55. The zero-order valence-electron chi connectivity index (χ0n) is 11.9. The Kier molecular flexibility index (Phi) is 3.72. The van der Waals surface area contributed by atoms with Crippen LogP contribution in [0.2, 0.25) is 0 Å². The van der Waals surface area contributed by atoms with Gasteiger partial charge in [-0.3, -0.25) is 4.90 Å². The van der Waals surface area contributed by atoms with Gasteiger partial charge in [0.05, 0.1) is 11.6 Å². The Balaban J connectivity index is 1.71. The summed E-state index contributed by atoms with van der Waals surface area (Å²) in [6.07, 6.45) is 2.10. The fourth-order valence-electron chi connectivity index (χ4n) is 2.84. The Hall–Kier alpha value is -1.83. The monoisotopic (exact) mass is 268 g/mol. The molecule has 0 aliphatic carbocycles. The molecule has 1 saturated heterocycles. The number of nitriles is 1. The number of hydrogen-bond acceptors (Lipinski definition) is 3. The lowest BCUT2D eigenvalue weighted by Crippen LogP contribution is -2.45. The summed E-state index contributed by atoms with van der Waals surface area (Å²) in [7, 11) is 2.18. The molecule has 1 aliphatic rings. The van der Waals surface area contributed by atoms with Crippen molar-refractivity contribution in [1.82, 2.24) is 14.4 Å². The Labute approximate surface area is 119 Å². The van der Waals surface area contributed by atoms with E-state index in [4.69, 9.17) is 5.26 Å². The molecular formula is C16H20N4. The van der Waals surface area contributed by atoms with Gasteiger partial charge in [0.15, 0.2) is 0 Å². The smallest absolute Gasteiger partial charge is 0.0998 e. The van der Waals surface area contributed by atoms with Crippen molar-refractivity contribution >= 4 is 10.9 Å². The van der Waals surface area contributed by atoms with E-state index < -0.39 is 0 Å². The molecule has 2 aromatic rings. The van der Waals surface area contributed by atoms with E-state index in [1.165, 1.54) is 0 Å². The van der Waals surface area contributed by atoms with Crippen LogP contribution in [0.3, 0.4) is 0 Å². The molecule has 0 bridgehead atoms. The van der Waals surface area contributed by atoms with Gasteiger partial charge in [-0.2, -0.15) is 5.26 Å². The summed E-state index contributed by atoms with van der Waals surface area (Å²) in [5.41, 5.74) is 1.93. The van der Waals surface area contributed by atoms with E-state index in [-0.39, 0.29) is 0 Å². The molecule has 0 spiro atoms. The molecule has 0 atom stereocenters. The molecule has 2 heterocycles. The maximum Gasteiger partial charge on any atom is 0.0998 e. The molecule has 1 aliphatic heterocycles. The molecule has 3 rings (SSSR count). The number of rotatable bonds is 3. The first-order valence-electron chi connectivity index (χ1n) is 7.17. The zero-order valence-corrected chi connectivity index (χ0v) is 11.9. The molecule has 4 heteroatoms. The van der Waals surface area contributed by atoms with Crippen LogP contribution in [0.5, 0.6) is 0 Å². The third-order valence-corrected chi connectivity index (χ3v) is 4.19. The highest BCUT2D eigenvalue weighted by Crippen LogP contribution is 2.19. The Morgan fingerprint density at radius 2 is 1.90 bits per heavy atom. The molecule has 0 unspecified atom stereocenters. The lowest BCUT2D eigenvalue weighted by atomic mass is 10.1. The van der Waals surface area contributed by atoms with Crippen LogP contribution in [0, 0.1) is 11.3 Å². The van der Waals surface area contributed by atoms with Crippen LogP contribution in [0.25, 0.3) is 10.9 Å². The largest absolute Gasteiger partial charge is 0.346 e. The van der Waals surface area contributed by atoms with Crippen molar-refractivity contribution in [1.29, 1.82) is 5.26 Å². The molecule has 0 saturated carbocycles. The predicted octanol–water partition coefficient (Wildman–Crippen LogP) is 1.76. The van der Waals surface area contributed by atoms with Crippen LogP contribution < -0.4 is 0 Å². The maximum atomic E-state index is 9.13. The van der Waals surface area contributed by atoms with Gasteiger partial charge in [0.25, 0.3) is 0 Å². The van der Waals surface area contributed by atoms with E-state index in [2.05, 4.69) is 45.8 Å². The first-order chi connectivity index (χ1) is 9.78. The molecule has 104 valence electrons. The van der Waals surface area contributed by atoms with Crippen LogP contribution in [0.4, 0.5) is 0 Å². The van der Waals surface area contributed by atoms with Crippen molar-refractivity contribution in [2.24, 2.45) is 0 Å². The zero-order chi connectivity index (χ0) is 13.9. The van der Waals surface area contributed by atoms with Crippen LogP contribution in [-0.2, 0) is 6.54 Å². The minimum atomic E-state index is 0.765. The molecular weight excluding hydrogens is 248 g/mol. The van der Waals surface area contributed by atoms with E-state index in [1.807, 2.05) is 12.1 Å². The summed E-state index contributed by atoms with van der Waals surface area (Å²) in [5.74, 6) is 0. The Morgan fingerprint density at radius 3 is 2.65 bits per heavy atom. The van der Waals surface area contributed by atoms with Gasteiger partial charge in [0.2, 0.25) is 0 Å². The molecule has 1 aromatic carbocycles. The number of likely N-dealkylation sites (N-methyl/N-ethyl adjacent to an activating group) is 1. The minimum absolute atomic E-state index is 0.765.